The van der Waals surface area contributed by atoms with E-state index in [1.807, 2.05) is 12.3 Å². The van der Waals surface area contributed by atoms with E-state index in [1.54, 1.807) is 18.2 Å². The molecule has 0 amide bonds. The van der Waals surface area contributed by atoms with Gasteiger partial charge in [-0.3, -0.25) is 4.99 Å². The molecule has 0 radical (unpaired) electrons. The first-order valence-electron chi connectivity index (χ1n) is 8.86. The number of nitrogens with zero attached hydrogens (tertiary/aromatic N) is 2. The van der Waals surface area contributed by atoms with Crippen LogP contribution in [0.15, 0.2) is 53.5 Å². The third kappa shape index (κ3) is 3.46. The first-order chi connectivity index (χ1) is 11.9. The van der Waals surface area contributed by atoms with Crippen LogP contribution in [0.4, 0.5) is 11.4 Å². The summed E-state index contributed by atoms with van der Waals surface area (Å²) >= 11 is 0. The van der Waals surface area contributed by atoms with Crippen LogP contribution in [0.2, 0.25) is 0 Å². The lowest BCUT2D eigenvalue weighted by molar-refractivity contribution is 0.477. The highest BCUT2D eigenvalue weighted by atomic mass is 16.3. The minimum absolute atomic E-state index is 0.0263. The summed E-state index contributed by atoms with van der Waals surface area (Å²) in [4.78, 5) is 6.90. The van der Waals surface area contributed by atoms with E-state index in [4.69, 9.17) is 0 Å². The maximum absolute atomic E-state index is 9.84. The molecule has 1 aliphatic heterocycles. The Morgan fingerprint density at radius 1 is 1.16 bits per heavy atom. The van der Waals surface area contributed by atoms with Crippen LogP contribution in [0.3, 0.4) is 0 Å². The van der Waals surface area contributed by atoms with Gasteiger partial charge in [0.15, 0.2) is 0 Å². The van der Waals surface area contributed by atoms with Crippen molar-refractivity contribution < 1.29 is 5.11 Å². The van der Waals surface area contributed by atoms with E-state index in [1.165, 1.54) is 16.8 Å². The number of aromatic hydroxyl groups is 1. The predicted molar refractivity (Wildman–Crippen MR) is 107 cm³/mol. The quantitative estimate of drug-likeness (QED) is 0.744. The first kappa shape index (κ1) is 17.3. The van der Waals surface area contributed by atoms with Crippen LogP contribution in [-0.4, -0.2) is 23.4 Å². The Bertz CT molecular complexity index is 834. The lowest BCUT2D eigenvalue weighted by Crippen LogP contribution is -2.45. The molecule has 25 heavy (non-hydrogen) atoms. The lowest BCUT2D eigenvalue weighted by Gasteiger charge is -2.43. The third-order valence-electron chi connectivity index (χ3n) is 4.68. The number of benzene rings is 2. The smallest absolute Gasteiger partial charge is 0.141 e. The Labute approximate surface area is 150 Å². The molecular weight excluding hydrogens is 308 g/mol. The molecule has 3 heteroatoms. The van der Waals surface area contributed by atoms with Crippen molar-refractivity contribution in [2.45, 2.75) is 39.7 Å². The molecule has 0 aliphatic carbocycles. The molecule has 0 saturated carbocycles. The van der Waals surface area contributed by atoms with Gasteiger partial charge in [-0.05, 0) is 62.6 Å². The number of allylic oxidation sites excluding steroid dienone is 1. The zero-order valence-corrected chi connectivity index (χ0v) is 15.5. The molecule has 3 nitrogen and oxygen atoms in total. The summed E-state index contributed by atoms with van der Waals surface area (Å²) in [5, 5.41) is 9.84. The van der Waals surface area contributed by atoms with E-state index in [2.05, 4.69) is 61.9 Å². The Morgan fingerprint density at radius 3 is 2.64 bits per heavy atom. The standard InChI is InChI=1S/C22H26N2O/c1-5-12-24-20-11-10-17(13-18(20)16(2)14-22(24,3)4)15-23-19-8-6-7-9-21(19)25/h6-11,13-15,25H,5,12H2,1-4H3. The van der Waals surface area contributed by atoms with Crippen LogP contribution >= 0.6 is 0 Å². The van der Waals surface area contributed by atoms with Gasteiger partial charge in [0.2, 0.25) is 0 Å². The van der Waals surface area contributed by atoms with E-state index in [-0.39, 0.29) is 11.3 Å². The van der Waals surface area contributed by atoms with Crippen molar-refractivity contribution >= 4 is 23.2 Å². The number of hydrogen-bond acceptors (Lipinski definition) is 3. The molecule has 2 aromatic rings. The Balaban J connectivity index is 1.97. The van der Waals surface area contributed by atoms with Crippen molar-refractivity contribution in [1.82, 2.24) is 0 Å². The van der Waals surface area contributed by atoms with E-state index in [0.29, 0.717) is 5.69 Å². The zero-order chi connectivity index (χ0) is 18.0. The van der Waals surface area contributed by atoms with Gasteiger partial charge in [0, 0.05) is 24.0 Å². The summed E-state index contributed by atoms with van der Waals surface area (Å²) < 4.78 is 0. The number of para-hydroxylation sites is 2. The van der Waals surface area contributed by atoms with E-state index >= 15 is 0 Å². The van der Waals surface area contributed by atoms with E-state index < -0.39 is 0 Å². The van der Waals surface area contributed by atoms with Gasteiger partial charge >= 0.3 is 0 Å². The number of fused-ring (bicyclic) bond motifs is 1. The number of anilines is 1. The Morgan fingerprint density at radius 2 is 1.92 bits per heavy atom. The maximum Gasteiger partial charge on any atom is 0.141 e. The van der Waals surface area contributed by atoms with Crippen LogP contribution in [0, 0.1) is 0 Å². The second kappa shape index (κ2) is 6.75. The van der Waals surface area contributed by atoms with Crippen LogP contribution in [0.5, 0.6) is 5.75 Å². The fraction of sp³-hybridized carbons (Fsp3) is 0.318. The summed E-state index contributed by atoms with van der Waals surface area (Å²) in [5.41, 5.74) is 5.48. The predicted octanol–water partition coefficient (Wildman–Crippen LogP) is 5.55. The first-order valence-corrected chi connectivity index (χ1v) is 8.86. The molecule has 0 spiro atoms. The zero-order valence-electron chi connectivity index (χ0n) is 15.5. The van der Waals surface area contributed by atoms with Gasteiger partial charge in [0.1, 0.15) is 11.4 Å². The Kier molecular flexibility index (Phi) is 4.67. The molecule has 0 bridgehead atoms. The summed E-state index contributed by atoms with van der Waals surface area (Å²) in [6.07, 6.45) is 5.27. The fourth-order valence-electron chi connectivity index (χ4n) is 3.53. The molecule has 130 valence electrons. The molecule has 0 aromatic heterocycles. The van der Waals surface area contributed by atoms with Gasteiger partial charge in [0.25, 0.3) is 0 Å². The van der Waals surface area contributed by atoms with Crippen LogP contribution in [0.25, 0.3) is 5.57 Å². The lowest BCUT2D eigenvalue weighted by atomic mass is 9.88. The fourth-order valence-corrected chi connectivity index (χ4v) is 3.53. The van der Waals surface area contributed by atoms with Crippen molar-refractivity contribution in [1.29, 1.82) is 0 Å². The molecule has 0 fully saturated rings. The molecule has 1 heterocycles. The number of phenolic OH excluding ortho intramolecular Hbond substituents is 1. The van der Waals surface area contributed by atoms with Crippen molar-refractivity contribution in [3.8, 4) is 5.75 Å². The highest BCUT2D eigenvalue weighted by Gasteiger charge is 2.30. The number of aliphatic imine (C=N–C) groups is 1. The van der Waals surface area contributed by atoms with E-state index in [9.17, 15) is 5.11 Å². The molecule has 1 N–H and O–H groups in total. The van der Waals surface area contributed by atoms with E-state index in [0.717, 1.165) is 18.5 Å². The van der Waals surface area contributed by atoms with Gasteiger partial charge in [-0.1, -0.05) is 31.2 Å². The summed E-state index contributed by atoms with van der Waals surface area (Å²) in [5.74, 6) is 0.198. The molecule has 2 aromatic carbocycles. The SMILES string of the molecule is CCCN1c2ccc(C=Nc3ccccc3O)cc2C(C)=CC1(C)C. The molecular formula is C22H26N2O. The normalized spacial score (nSPS) is 16.0. The van der Waals surface area contributed by atoms with Gasteiger partial charge in [0.05, 0.1) is 5.54 Å². The number of phenols is 1. The highest BCUT2D eigenvalue weighted by molar-refractivity contribution is 5.89. The van der Waals surface area contributed by atoms with Gasteiger partial charge in [-0.25, -0.2) is 0 Å². The monoisotopic (exact) mass is 334 g/mol. The summed E-state index contributed by atoms with van der Waals surface area (Å²) in [7, 11) is 0. The average molecular weight is 334 g/mol. The molecule has 0 unspecified atom stereocenters. The number of hydrogen-bond donors (Lipinski definition) is 1. The van der Waals surface area contributed by atoms with Crippen LogP contribution < -0.4 is 4.90 Å². The van der Waals surface area contributed by atoms with Crippen LogP contribution in [-0.2, 0) is 0 Å². The second-order valence-electron chi connectivity index (χ2n) is 7.16. The van der Waals surface area contributed by atoms with Crippen LogP contribution in [0.1, 0.15) is 45.2 Å². The topological polar surface area (TPSA) is 35.8 Å². The number of rotatable bonds is 4. The second-order valence-corrected chi connectivity index (χ2v) is 7.16. The van der Waals surface area contributed by atoms with Gasteiger partial charge in [-0.15, -0.1) is 0 Å². The molecule has 0 saturated heterocycles. The summed E-state index contributed by atoms with van der Waals surface area (Å²) in [6.45, 7) is 9.96. The molecule has 1 aliphatic rings. The van der Waals surface area contributed by atoms with Gasteiger partial charge in [-0.2, -0.15) is 0 Å². The van der Waals surface area contributed by atoms with Crippen molar-refractivity contribution in [3.05, 3.63) is 59.7 Å². The minimum atomic E-state index is 0.0263. The molecule has 0 atom stereocenters. The van der Waals surface area contributed by atoms with Crippen molar-refractivity contribution in [2.24, 2.45) is 4.99 Å². The van der Waals surface area contributed by atoms with Crippen molar-refractivity contribution in [3.63, 3.8) is 0 Å². The largest absolute Gasteiger partial charge is 0.506 e. The average Bonchev–Trinajstić information content (AvgIpc) is 2.57. The Hall–Kier alpha value is -2.55. The van der Waals surface area contributed by atoms with Gasteiger partial charge < -0.3 is 10.0 Å². The van der Waals surface area contributed by atoms with Crippen molar-refractivity contribution in [2.75, 3.05) is 11.4 Å². The highest BCUT2D eigenvalue weighted by Crippen LogP contribution is 2.39. The molecule has 3 rings (SSSR count). The maximum atomic E-state index is 9.84. The third-order valence-corrected chi connectivity index (χ3v) is 4.68. The summed E-state index contributed by atoms with van der Waals surface area (Å²) in [6, 6.07) is 13.6. The minimum Gasteiger partial charge on any atom is -0.506 e.